The van der Waals surface area contributed by atoms with Gasteiger partial charge in [0.25, 0.3) is 0 Å². The maximum absolute atomic E-state index is 5.36. The molecule has 0 aromatic carbocycles. The van der Waals surface area contributed by atoms with Crippen molar-refractivity contribution in [1.29, 1.82) is 0 Å². The summed E-state index contributed by atoms with van der Waals surface area (Å²) in [5.41, 5.74) is 0.184. The van der Waals surface area contributed by atoms with Gasteiger partial charge in [0.1, 0.15) is 0 Å². The number of hydrogen-bond donors (Lipinski definition) is 0. The van der Waals surface area contributed by atoms with Crippen LogP contribution in [0.3, 0.4) is 0 Å². The van der Waals surface area contributed by atoms with Crippen molar-refractivity contribution in [1.82, 2.24) is 3.94 Å². The molecule has 0 saturated carbocycles. The fourth-order valence-electron chi connectivity index (χ4n) is 0.359. The molecule has 0 saturated heterocycles. The zero-order chi connectivity index (χ0) is 6.78. The summed E-state index contributed by atoms with van der Waals surface area (Å²) in [6.07, 6.45) is 0. The van der Waals surface area contributed by atoms with E-state index in [1.165, 1.54) is 0 Å². The Balaban J connectivity index is 3.39. The standard InChI is InChI=1S/C5H11Cl2N/c1-5(2,3)4-8(6)7/h4H2,1-3H3. The predicted molar refractivity (Wildman–Crippen MR) is 37.9 cm³/mol. The Morgan fingerprint density at radius 2 is 1.62 bits per heavy atom. The Morgan fingerprint density at radius 3 is 1.62 bits per heavy atom. The van der Waals surface area contributed by atoms with Gasteiger partial charge in [0.2, 0.25) is 0 Å². The van der Waals surface area contributed by atoms with Gasteiger partial charge in [-0.05, 0) is 29.0 Å². The van der Waals surface area contributed by atoms with Crippen LogP contribution in [0.5, 0.6) is 0 Å². The molecule has 0 spiro atoms. The highest BCUT2D eigenvalue weighted by atomic mass is 35.5. The van der Waals surface area contributed by atoms with Crippen LogP contribution in [0, 0.1) is 5.41 Å². The monoisotopic (exact) mass is 155 g/mol. The third kappa shape index (κ3) is 6.54. The summed E-state index contributed by atoms with van der Waals surface area (Å²) in [6.45, 7) is 6.91. The van der Waals surface area contributed by atoms with Crippen molar-refractivity contribution in [3.63, 3.8) is 0 Å². The molecule has 3 heteroatoms. The predicted octanol–water partition coefficient (Wildman–Crippen LogP) is 2.64. The van der Waals surface area contributed by atoms with Crippen molar-refractivity contribution in [2.24, 2.45) is 5.41 Å². The lowest BCUT2D eigenvalue weighted by molar-refractivity contribution is 0.363. The van der Waals surface area contributed by atoms with Gasteiger partial charge in [0.05, 0.1) is 0 Å². The lowest BCUT2D eigenvalue weighted by atomic mass is 9.98. The molecule has 0 radical (unpaired) electrons. The number of rotatable bonds is 1. The smallest absolute Gasteiger partial charge is 0.0352 e. The minimum atomic E-state index is 0.184. The van der Waals surface area contributed by atoms with Crippen molar-refractivity contribution < 1.29 is 0 Å². The third-order valence-corrected chi connectivity index (χ3v) is 0.833. The summed E-state index contributed by atoms with van der Waals surface area (Å²) in [5, 5.41) is 0. The molecule has 0 atom stereocenters. The quantitative estimate of drug-likeness (QED) is 0.527. The van der Waals surface area contributed by atoms with E-state index in [0.29, 0.717) is 6.54 Å². The second-order valence-electron chi connectivity index (χ2n) is 3.02. The van der Waals surface area contributed by atoms with Crippen LogP contribution < -0.4 is 0 Å². The summed E-state index contributed by atoms with van der Waals surface area (Å²) in [7, 11) is 0. The summed E-state index contributed by atoms with van der Waals surface area (Å²) < 4.78 is 1.15. The highest BCUT2D eigenvalue weighted by molar-refractivity contribution is 6.33. The van der Waals surface area contributed by atoms with E-state index in [2.05, 4.69) is 20.8 Å². The average Bonchev–Trinajstić information content (AvgIpc) is 1.21. The minimum Gasteiger partial charge on any atom is -0.131 e. The second kappa shape index (κ2) is 2.90. The van der Waals surface area contributed by atoms with Crippen LogP contribution in [0.1, 0.15) is 20.8 Å². The Morgan fingerprint density at radius 1 is 1.25 bits per heavy atom. The second-order valence-corrected chi connectivity index (χ2v) is 4.01. The highest BCUT2D eigenvalue weighted by Gasteiger charge is 2.12. The van der Waals surface area contributed by atoms with Gasteiger partial charge < -0.3 is 0 Å². The molecule has 0 aromatic rings. The highest BCUT2D eigenvalue weighted by Crippen LogP contribution is 2.17. The molecule has 0 aliphatic rings. The molecule has 0 fully saturated rings. The van der Waals surface area contributed by atoms with Crippen molar-refractivity contribution >= 4 is 23.6 Å². The van der Waals surface area contributed by atoms with Gasteiger partial charge in [-0.3, -0.25) is 0 Å². The Labute approximate surface area is 60.8 Å². The molecule has 0 heterocycles. The molecule has 0 rings (SSSR count). The molecule has 0 unspecified atom stereocenters. The SMILES string of the molecule is CC(C)(C)CN(Cl)Cl. The van der Waals surface area contributed by atoms with E-state index in [4.69, 9.17) is 23.6 Å². The Bertz CT molecular complexity index is 65.3. The van der Waals surface area contributed by atoms with Crippen LogP contribution in [0.25, 0.3) is 0 Å². The molecule has 1 nitrogen and oxygen atoms in total. The largest absolute Gasteiger partial charge is 0.131 e. The maximum atomic E-state index is 5.36. The van der Waals surface area contributed by atoms with Gasteiger partial charge >= 0.3 is 0 Å². The molecule has 0 aliphatic heterocycles. The first-order chi connectivity index (χ1) is 3.42. The molecule has 0 amide bonds. The van der Waals surface area contributed by atoms with Gasteiger partial charge in [0, 0.05) is 6.54 Å². The van der Waals surface area contributed by atoms with Crippen LogP contribution in [-0.2, 0) is 0 Å². The lowest BCUT2D eigenvalue weighted by Crippen LogP contribution is -2.18. The maximum Gasteiger partial charge on any atom is 0.0352 e. The fourth-order valence-corrected chi connectivity index (χ4v) is 1.08. The van der Waals surface area contributed by atoms with Gasteiger partial charge in [-0.15, -0.1) is 3.94 Å². The van der Waals surface area contributed by atoms with Gasteiger partial charge in [-0.2, -0.15) is 0 Å². The van der Waals surface area contributed by atoms with E-state index < -0.39 is 0 Å². The van der Waals surface area contributed by atoms with E-state index >= 15 is 0 Å². The molecule has 0 N–H and O–H groups in total. The normalized spacial score (nSPS) is 12.8. The molecule has 0 aromatic heterocycles. The molecular weight excluding hydrogens is 145 g/mol. The molecular formula is C5H11Cl2N. The van der Waals surface area contributed by atoms with E-state index in [1.54, 1.807) is 0 Å². The van der Waals surface area contributed by atoms with Crippen LogP contribution in [-0.4, -0.2) is 10.5 Å². The van der Waals surface area contributed by atoms with Gasteiger partial charge in [-0.25, -0.2) is 0 Å². The average molecular weight is 156 g/mol. The van der Waals surface area contributed by atoms with Crippen LogP contribution >= 0.6 is 23.6 Å². The summed E-state index contributed by atoms with van der Waals surface area (Å²) >= 11 is 10.7. The molecule has 0 aliphatic carbocycles. The van der Waals surface area contributed by atoms with Crippen LogP contribution in [0.4, 0.5) is 0 Å². The summed E-state index contributed by atoms with van der Waals surface area (Å²) in [6, 6.07) is 0. The van der Waals surface area contributed by atoms with Gasteiger partial charge in [0.15, 0.2) is 0 Å². The van der Waals surface area contributed by atoms with Crippen molar-refractivity contribution in [2.45, 2.75) is 20.8 Å². The minimum absolute atomic E-state index is 0.184. The molecule has 8 heavy (non-hydrogen) atoms. The Hall–Kier alpha value is 0.540. The van der Waals surface area contributed by atoms with Crippen LogP contribution in [0.2, 0.25) is 0 Å². The van der Waals surface area contributed by atoms with Gasteiger partial charge in [-0.1, -0.05) is 20.8 Å². The topological polar surface area (TPSA) is 3.24 Å². The summed E-state index contributed by atoms with van der Waals surface area (Å²) in [5.74, 6) is 0. The van der Waals surface area contributed by atoms with E-state index in [9.17, 15) is 0 Å². The van der Waals surface area contributed by atoms with Crippen molar-refractivity contribution in [2.75, 3.05) is 6.54 Å². The van der Waals surface area contributed by atoms with Crippen molar-refractivity contribution in [3.8, 4) is 0 Å². The Kier molecular flexibility index (Phi) is 3.10. The molecule has 50 valence electrons. The fraction of sp³-hybridized carbons (Fsp3) is 1.00. The first kappa shape index (κ1) is 8.54. The van der Waals surface area contributed by atoms with E-state index in [1.807, 2.05) is 0 Å². The zero-order valence-electron chi connectivity index (χ0n) is 5.41. The van der Waals surface area contributed by atoms with Crippen LogP contribution in [0.15, 0.2) is 0 Å². The number of nitrogens with zero attached hydrogens (tertiary/aromatic N) is 1. The number of hydrogen-bond acceptors (Lipinski definition) is 1. The third-order valence-electron chi connectivity index (χ3n) is 0.594. The van der Waals surface area contributed by atoms with E-state index in [-0.39, 0.29) is 5.41 Å². The van der Waals surface area contributed by atoms with E-state index in [0.717, 1.165) is 3.94 Å². The number of halogens is 2. The summed E-state index contributed by atoms with van der Waals surface area (Å²) in [4.78, 5) is 0. The first-order valence-corrected chi connectivity index (χ1v) is 3.18. The van der Waals surface area contributed by atoms with Crippen molar-refractivity contribution in [3.05, 3.63) is 0 Å². The molecule has 0 bridgehead atoms. The first-order valence-electron chi connectivity index (χ1n) is 2.51. The zero-order valence-corrected chi connectivity index (χ0v) is 6.92. The lowest BCUT2D eigenvalue weighted by Gasteiger charge is -2.18.